The molecule has 4 nitrogen and oxygen atoms in total. The lowest BCUT2D eigenvalue weighted by Gasteiger charge is -2.35. The highest BCUT2D eigenvalue weighted by atomic mass is 35.5. The molecule has 1 aromatic carbocycles. The number of halogens is 1. The highest BCUT2D eigenvalue weighted by Crippen LogP contribution is 2.17. The third-order valence-corrected chi connectivity index (χ3v) is 4.73. The Labute approximate surface area is 151 Å². The van der Waals surface area contributed by atoms with Gasteiger partial charge in [-0.2, -0.15) is 0 Å². The molecule has 1 aliphatic rings. The molecular formula is C19H31ClN4. The number of piperidine rings is 1. The highest BCUT2D eigenvalue weighted by Gasteiger charge is 2.21. The first kappa shape index (κ1) is 19.1. The van der Waals surface area contributed by atoms with E-state index in [0.717, 1.165) is 29.6 Å². The first-order valence-corrected chi connectivity index (χ1v) is 9.47. The minimum Gasteiger partial charge on any atom is -0.357 e. The number of aliphatic imine (C=N–C) groups is 1. The minimum absolute atomic E-state index is 0.637. The monoisotopic (exact) mass is 350 g/mol. The Kier molecular flexibility index (Phi) is 7.86. The number of likely N-dealkylation sites (tertiary alicyclic amines) is 1. The second kappa shape index (κ2) is 9.90. The lowest BCUT2D eigenvalue weighted by Crippen LogP contribution is -2.46. The normalized spacial score (nSPS) is 19.5. The van der Waals surface area contributed by atoms with Crippen molar-refractivity contribution in [3.8, 4) is 0 Å². The fourth-order valence-corrected chi connectivity index (χ4v) is 3.33. The largest absolute Gasteiger partial charge is 0.357 e. The van der Waals surface area contributed by atoms with Gasteiger partial charge in [0.05, 0.1) is 6.54 Å². The zero-order valence-corrected chi connectivity index (χ0v) is 15.9. The zero-order chi connectivity index (χ0) is 17.4. The molecule has 0 amide bonds. The van der Waals surface area contributed by atoms with Crippen molar-refractivity contribution in [1.82, 2.24) is 15.5 Å². The van der Waals surface area contributed by atoms with E-state index in [1.54, 1.807) is 0 Å². The SMILES string of the molecule is CCNC(=NCc1cccc(Cl)c1)NCC1CCCN(C(C)C)C1. The van der Waals surface area contributed by atoms with Gasteiger partial charge in [-0.05, 0) is 63.8 Å². The van der Waals surface area contributed by atoms with Gasteiger partial charge in [-0.15, -0.1) is 0 Å². The molecule has 5 heteroatoms. The third-order valence-electron chi connectivity index (χ3n) is 4.49. The summed E-state index contributed by atoms with van der Waals surface area (Å²) in [5.74, 6) is 1.58. The van der Waals surface area contributed by atoms with Crippen molar-refractivity contribution >= 4 is 17.6 Å². The van der Waals surface area contributed by atoms with Crippen LogP contribution in [0.4, 0.5) is 0 Å². The Bertz CT molecular complexity index is 530. The Morgan fingerprint density at radius 1 is 1.38 bits per heavy atom. The van der Waals surface area contributed by atoms with E-state index in [-0.39, 0.29) is 0 Å². The summed E-state index contributed by atoms with van der Waals surface area (Å²) >= 11 is 6.04. The van der Waals surface area contributed by atoms with Crippen LogP contribution < -0.4 is 10.6 Å². The average Bonchev–Trinajstić information content (AvgIpc) is 2.57. The molecule has 0 aromatic heterocycles. The smallest absolute Gasteiger partial charge is 0.191 e. The van der Waals surface area contributed by atoms with Crippen LogP contribution in [0.15, 0.2) is 29.3 Å². The van der Waals surface area contributed by atoms with Crippen molar-refractivity contribution < 1.29 is 0 Å². The van der Waals surface area contributed by atoms with E-state index in [4.69, 9.17) is 11.6 Å². The number of hydrogen-bond donors (Lipinski definition) is 2. The van der Waals surface area contributed by atoms with Crippen LogP contribution in [0, 0.1) is 5.92 Å². The molecule has 1 aliphatic heterocycles. The topological polar surface area (TPSA) is 39.7 Å². The van der Waals surface area contributed by atoms with Gasteiger partial charge in [0.2, 0.25) is 0 Å². The van der Waals surface area contributed by atoms with Gasteiger partial charge in [-0.1, -0.05) is 23.7 Å². The summed E-state index contributed by atoms with van der Waals surface area (Å²) < 4.78 is 0. The average molecular weight is 351 g/mol. The molecule has 24 heavy (non-hydrogen) atoms. The molecule has 134 valence electrons. The summed E-state index contributed by atoms with van der Waals surface area (Å²) in [6.45, 7) is 11.6. The van der Waals surface area contributed by atoms with Crippen LogP contribution in [0.1, 0.15) is 39.2 Å². The molecule has 2 rings (SSSR count). The Hall–Kier alpha value is -1.26. The number of guanidine groups is 1. The summed E-state index contributed by atoms with van der Waals surface area (Å²) in [5, 5.41) is 7.61. The summed E-state index contributed by atoms with van der Waals surface area (Å²) in [4.78, 5) is 7.26. The highest BCUT2D eigenvalue weighted by molar-refractivity contribution is 6.30. The van der Waals surface area contributed by atoms with Gasteiger partial charge in [0.1, 0.15) is 0 Å². The van der Waals surface area contributed by atoms with Crippen LogP contribution in [-0.2, 0) is 6.54 Å². The second-order valence-electron chi connectivity index (χ2n) is 6.80. The summed E-state index contributed by atoms with van der Waals surface area (Å²) in [7, 11) is 0. The molecule has 0 aliphatic carbocycles. The molecule has 1 heterocycles. The maximum atomic E-state index is 6.04. The van der Waals surface area contributed by atoms with E-state index in [1.807, 2.05) is 18.2 Å². The molecule has 2 N–H and O–H groups in total. The molecule has 1 aromatic rings. The van der Waals surface area contributed by atoms with E-state index in [2.05, 4.69) is 47.4 Å². The predicted molar refractivity (Wildman–Crippen MR) is 104 cm³/mol. The van der Waals surface area contributed by atoms with Crippen molar-refractivity contribution in [2.75, 3.05) is 26.2 Å². The third kappa shape index (κ3) is 6.33. The van der Waals surface area contributed by atoms with Gasteiger partial charge in [0.15, 0.2) is 5.96 Å². The van der Waals surface area contributed by atoms with Crippen LogP contribution in [-0.4, -0.2) is 43.1 Å². The maximum absolute atomic E-state index is 6.04. The zero-order valence-electron chi connectivity index (χ0n) is 15.2. The van der Waals surface area contributed by atoms with Crippen molar-refractivity contribution in [2.24, 2.45) is 10.9 Å². The standard InChI is InChI=1S/C19H31ClN4/c1-4-21-19(22-12-16-7-5-9-18(20)11-16)23-13-17-8-6-10-24(14-17)15(2)3/h5,7,9,11,15,17H,4,6,8,10,12-14H2,1-3H3,(H2,21,22,23). The van der Waals surface area contributed by atoms with Crippen molar-refractivity contribution in [3.63, 3.8) is 0 Å². The lowest BCUT2D eigenvalue weighted by molar-refractivity contribution is 0.141. The number of nitrogens with zero attached hydrogens (tertiary/aromatic N) is 2. The van der Waals surface area contributed by atoms with Gasteiger partial charge in [0, 0.05) is 30.7 Å². The molecule has 0 saturated carbocycles. The van der Waals surface area contributed by atoms with E-state index < -0.39 is 0 Å². The van der Waals surface area contributed by atoms with E-state index in [1.165, 1.54) is 25.9 Å². The van der Waals surface area contributed by atoms with Crippen LogP contribution in [0.5, 0.6) is 0 Å². The Balaban J connectivity index is 1.87. The quantitative estimate of drug-likeness (QED) is 0.609. The Morgan fingerprint density at radius 2 is 2.21 bits per heavy atom. The predicted octanol–water partition coefficient (Wildman–Crippen LogP) is 3.52. The van der Waals surface area contributed by atoms with Crippen LogP contribution >= 0.6 is 11.6 Å². The molecule has 1 fully saturated rings. The van der Waals surface area contributed by atoms with E-state index in [9.17, 15) is 0 Å². The number of benzene rings is 1. The first-order chi connectivity index (χ1) is 11.6. The fraction of sp³-hybridized carbons (Fsp3) is 0.632. The fourth-order valence-electron chi connectivity index (χ4n) is 3.12. The number of nitrogens with one attached hydrogen (secondary N) is 2. The van der Waals surface area contributed by atoms with Gasteiger partial charge >= 0.3 is 0 Å². The molecule has 0 radical (unpaired) electrons. The van der Waals surface area contributed by atoms with Gasteiger partial charge < -0.3 is 15.5 Å². The Morgan fingerprint density at radius 3 is 2.92 bits per heavy atom. The van der Waals surface area contributed by atoms with Crippen molar-refractivity contribution in [2.45, 2.75) is 46.2 Å². The minimum atomic E-state index is 0.637. The number of rotatable bonds is 6. The van der Waals surface area contributed by atoms with Gasteiger partial charge in [-0.3, -0.25) is 0 Å². The lowest BCUT2D eigenvalue weighted by atomic mass is 9.97. The van der Waals surface area contributed by atoms with Crippen LogP contribution in [0.3, 0.4) is 0 Å². The first-order valence-electron chi connectivity index (χ1n) is 9.09. The molecular weight excluding hydrogens is 320 g/mol. The van der Waals surface area contributed by atoms with Gasteiger partial charge in [0.25, 0.3) is 0 Å². The van der Waals surface area contributed by atoms with Crippen molar-refractivity contribution in [3.05, 3.63) is 34.9 Å². The number of hydrogen-bond acceptors (Lipinski definition) is 2. The molecule has 1 saturated heterocycles. The van der Waals surface area contributed by atoms with Gasteiger partial charge in [-0.25, -0.2) is 4.99 Å². The summed E-state index contributed by atoms with van der Waals surface area (Å²) in [6, 6.07) is 8.52. The van der Waals surface area contributed by atoms with E-state index in [0.29, 0.717) is 18.5 Å². The van der Waals surface area contributed by atoms with Crippen LogP contribution in [0.25, 0.3) is 0 Å². The molecule has 1 atom stereocenters. The molecule has 0 spiro atoms. The second-order valence-corrected chi connectivity index (χ2v) is 7.24. The van der Waals surface area contributed by atoms with Crippen molar-refractivity contribution in [1.29, 1.82) is 0 Å². The summed E-state index contributed by atoms with van der Waals surface area (Å²) in [6.07, 6.45) is 2.59. The van der Waals surface area contributed by atoms with Crippen LogP contribution in [0.2, 0.25) is 5.02 Å². The molecule has 1 unspecified atom stereocenters. The summed E-state index contributed by atoms with van der Waals surface area (Å²) in [5.41, 5.74) is 1.13. The maximum Gasteiger partial charge on any atom is 0.191 e. The van der Waals surface area contributed by atoms with E-state index >= 15 is 0 Å². The molecule has 0 bridgehead atoms.